The number of rotatable bonds is 14. The van der Waals surface area contributed by atoms with E-state index in [0.29, 0.717) is 70.0 Å². The second-order valence-electron chi connectivity index (χ2n) is 10.3. The van der Waals surface area contributed by atoms with Crippen molar-refractivity contribution in [3.63, 3.8) is 0 Å². The Morgan fingerprint density at radius 2 is 1.00 bits per heavy atom. The Kier molecular flexibility index (Phi) is 12.2. The fourth-order valence-electron chi connectivity index (χ4n) is 4.78. The fourth-order valence-corrected chi connectivity index (χ4v) is 4.78. The van der Waals surface area contributed by atoms with E-state index in [1.165, 1.54) is 26.6 Å². The van der Waals surface area contributed by atoms with Gasteiger partial charge in [0.1, 0.15) is 11.5 Å². The number of hydrogen-bond donors (Lipinski definition) is 2. The monoisotopic (exact) mass is 684 g/mol. The molecule has 260 valence electrons. The van der Waals surface area contributed by atoms with E-state index in [4.69, 9.17) is 37.9 Å². The Balaban J connectivity index is 1.14. The average Bonchev–Trinajstić information content (AvgIpc) is 3.15. The van der Waals surface area contributed by atoms with Gasteiger partial charge in [0.2, 0.25) is 0 Å². The van der Waals surface area contributed by atoms with E-state index in [1.54, 1.807) is 99.1 Å². The Bertz CT molecular complexity index is 1680. The van der Waals surface area contributed by atoms with E-state index in [1.807, 2.05) is 0 Å². The minimum absolute atomic E-state index is 0.294. The van der Waals surface area contributed by atoms with E-state index >= 15 is 0 Å². The molecule has 4 aromatic rings. The summed E-state index contributed by atoms with van der Waals surface area (Å²) in [5, 5.41) is 8.08. The van der Waals surface area contributed by atoms with Crippen LogP contribution < -0.4 is 39.3 Å². The smallest absolute Gasteiger partial charge is 0.271 e. The SMILES string of the molecule is COc1cccc(/C=N\NC(=O)c2ccc(O[C@H]3OCCO[C@H]3Oc3ccc(C(=O)N/N=C\c4cccc(OC)c4OC)cc3)cc2)c1OC. The summed E-state index contributed by atoms with van der Waals surface area (Å²) in [6, 6.07) is 23.5. The quantitative estimate of drug-likeness (QED) is 0.144. The lowest BCUT2D eigenvalue weighted by molar-refractivity contribution is -0.271. The predicted octanol–water partition coefficient (Wildman–Crippen LogP) is 4.41. The first kappa shape index (κ1) is 35.2. The molecule has 1 fully saturated rings. The number of nitrogens with one attached hydrogen (secondary N) is 2. The molecular formula is C36H36N4O10. The molecule has 50 heavy (non-hydrogen) atoms. The van der Waals surface area contributed by atoms with Gasteiger partial charge in [-0.1, -0.05) is 12.1 Å². The summed E-state index contributed by atoms with van der Waals surface area (Å²) in [5.41, 5.74) is 6.98. The number of ether oxygens (including phenoxy) is 8. The van der Waals surface area contributed by atoms with Gasteiger partial charge in [0, 0.05) is 22.3 Å². The molecule has 0 radical (unpaired) electrons. The van der Waals surface area contributed by atoms with Crippen LogP contribution in [0.1, 0.15) is 31.8 Å². The molecule has 0 unspecified atom stereocenters. The molecule has 0 aromatic heterocycles. The zero-order valence-corrected chi connectivity index (χ0v) is 27.8. The topological polar surface area (TPSA) is 157 Å². The number of hydrogen-bond acceptors (Lipinski definition) is 12. The number of nitrogens with zero attached hydrogens (tertiary/aromatic N) is 2. The van der Waals surface area contributed by atoms with E-state index in [2.05, 4.69) is 21.1 Å². The molecule has 2 amide bonds. The lowest BCUT2D eigenvalue weighted by Gasteiger charge is -2.31. The zero-order valence-electron chi connectivity index (χ0n) is 27.8. The summed E-state index contributed by atoms with van der Waals surface area (Å²) in [5.74, 6) is 2.10. The molecule has 1 saturated heterocycles. The van der Waals surface area contributed by atoms with Gasteiger partial charge >= 0.3 is 0 Å². The molecule has 0 spiro atoms. The summed E-state index contributed by atoms with van der Waals surface area (Å²) in [7, 11) is 6.13. The highest BCUT2D eigenvalue weighted by atomic mass is 16.8. The third-order valence-electron chi connectivity index (χ3n) is 7.21. The van der Waals surface area contributed by atoms with Crippen molar-refractivity contribution in [1.29, 1.82) is 0 Å². The average molecular weight is 685 g/mol. The Morgan fingerprint density at radius 1 is 0.600 bits per heavy atom. The highest BCUT2D eigenvalue weighted by molar-refractivity contribution is 5.96. The molecule has 0 bridgehead atoms. The number of hydrazone groups is 2. The maximum atomic E-state index is 12.7. The number of amides is 2. The van der Waals surface area contributed by atoms with Crippen molar-refractivity contribution in [1.82, 2.24) is 10.9 Å². The molecule has 1 aliphatic rings. The van der Waals surface area contributed by atoms with Crippen LogP contribution in [0.4, 0.5) is 0 Å². The summed E-state index contributed by atoms with van der Waals surface area (Å²) >= 11 is 0. The Labute approximate surface area is 288 Å². The van der Waals surface area contributed by atoms with Gasteiger partial charge in [0.05, 0.1) is 54.1 Å². The van der Waals surface area contributed by atoms with Gasteiger partial charge < -0.3 is 37.9 Å². The van der Waals surface area contributed by atoms with E-state index < -0.39 is 24.4 Å². The highest BCUT2D eigenvalue weighted by Crippen LogP contribution is 2.30. The van der Waals surface area contributed by atoms with Crippen LogP contribution in [0, 0.1) is 0 Å². The normalized spacial score (nSPS) is 15.7. The van der Waals surface area contributed by atoms with Crippen LogP contribution in [0.25, 0.3) is 0 Å². The second-order valence-corrected chi connectivity index (χ2v) is 10.3. The van der Waals surface area contributed by atoms with Crippen LogP contribution in [-0.2, 0) is 9.47 Å². The number of carbonyl (C=O) groups is 2. The highest BCUT2D eigenvalue weighted by Gasteiger charge is 2.31. The van der Waals surface area contributed by atoms with Crippen LogP contribution in [0.3, 0.4) is 0 Å². The molecule has 0 aliphatic carbocycles. The van der Waals surface area contributed by atoms with Gasteiger partial charge in [-0.25, -0.2) is 10.9 Å². The lowest BCUT2D eigenvalue weighted by atomic mass is 10.2. The molecule has 14 nitrogen and oxygen atoms in total. The maximum absolute atomic E-state index is 12.7. The van der Waals surface area contributed by atoms with Crippen LogP contribution in [-0.4, -0.2) is 78.5 Å². The molecule has 1 aliphatic heterocycles. The van der Waals surface area contributed by atoms with Crippen molar-refractivity contribution in [3.05, 3.63) is 107 Å². The van der Waals surface area contributed by atoms with Gasteiger partial charge in [-0.2, -0.15) is 10.2 Å². The molecule has 2 N–H and O–H groups in total. The predicted molar refractivity (Wildman–Crippen MR) is 183 cm³/mol. The van der Waals surface area contributed by atoms with E-state index in [9.17, 15) is 9.59 Å². The van der Waals surface area contributed by atoms with Crippen molar-refractivity contribution in [2.45, 2.75) is 12.6 Å². The third kappa shape index (κ3) is 8.86. The minimum atomic E-state index is -0.906. The van der Waals surface area contributed by atoms with Crippen LogP contribution in [0.5, 0.6) is 34.5 Å². The summed E-state index contributed by atoms with van der Waals surface area (Å²) < 4.78 is 44.8. The summed E-state index contributed by atoms with van der Waals surface area (Å²) in [6.07, 6.45) is 1.13. The molecule has 1 heterocycles. The Hall–Kier alpha value is -6.12. The van der Waals surface area contributed by atoms with Crippen LogP contribution in [0.15, 0.2) is 95.1 Å². The molecule has 4 aromatic carbocycles. The first-order valence-corrected chi connectivity index (χ1v) is 15.3. The number of para-hydroxylation sites is 2. The van der Waals surface area contributed by atoms with Crippen molar-refractivity contribution in [2.24, 2.45) is 10.2 Å². The van der Waals surface area contributed by atoms with Crippen molar-refractivity contribution in [2.75, 3.05) is 41.7 Å². The van der Waals surface area contributed by atoms with Crippen LogP contribution in [0.2, 0.25) is 0 Å². The number of benzene rings is 4. The van der Waals surface area contributed by atoms with Gasteiger partial charge in [-0.3, -0.25) is 9.59 Å². The van der Waals surface area contributed by atoms with E-state index in [-0.39, 0.29) is 0 Å². The first-order valence-electron chi connectivity index (χ1n) is 15.3. The van der Waals surface area contributed by atoms with Gasteiger partial charge in [-0.05, 0) is 72.8 Å². The standard InChI is InChI=1S/C36H36N4O10/c1-43-29-9-5-7-25(31(29)45-3)21-37-39-33(41)23-11-15-27(16-12-23)49-35-36(48-20-19-47-35)50-28-17-13-24(14-18-28)34(42)40-38-22-26-8-6-10-30(44-2)32(26)46-4/h5-18,21-22,35-36H,19-20H2,1-4H3,(H,39,41)(H,40,42)/b37-21-,38-22-/t35-,36+. The van der Waals surface area contributed by atoms with Gasteiger partial charge in [-0.15, -0.1) is 0 Å². The van der Waals surface area contributed by atoms with Crippen molar-refractivity contribution >= 4 is 24.2 Å². The van der Waals surface area contributed by atoms with Crippen molar-refractivity contribution in [3.8, 4) is 34.5 Å². The van der Waals surface area contributed by atoms with Gasteiger partial charge in [0.25, 0.3) is 24.4 Å². The number of carbonyl (C=O) groups excluding carboxylic acids is 2. The molecule has 14 heteroatoms. The van der Waals surface area contributed by atoms with Gasteiger partial charge in [0.15, 0.2) is 23.0 Å². The maximum Gasteiger partial charge on any atom is 0.271 e. The van der Waals surface area contributed by atoms with Crippen molar-refractivity contribution < 1.29 is 47.5 Å². The molecule has 0 saturated carbocycles. The minimum Gasteiger partial charge on any atom is -0.493 e. The second kappa shape index (κ2) is 17.3. The largest absolute Gasteiger partial charge is 0.493 e. The fraction of sp³-hybridized carbons (Fsp3) is 0.222. The zero-order chi connectivity index (χ0) is 35.3. The van der Waals surface area contributed by atoms with Crippen LogP contribution >= 0.6 is 0 Å². The summed E-state index contributed by atoms with van der Waals surface area (Å²) in [4.78, 5) is 25.3. The summed E-state index contributed by atoms with van der Waals surface area (Å²) in [6.45, 7) is 0.588. The molecule has 5 rings (SSSR count). The first-order chi connectivity index (χ1) is 24.4. The number of methoxy groups -OCH3 is 4. The molecular weight excluding hydrogens is 648 g/mol. The third-order valence-corrected chi connectivity index (χ3v) is 7.21. The Morgan fingerprint density at radius 3 is 1.36 bits per heavy atom. The lowest BCUT2D eigenvalue weighted by Crippen LogP contribution is -2.45. The van der Waals surface area contributed by atoms with E-state index in [0.717, 1.165) is 0 Å². The molecule has 2 atom stereocenters.